The molecule has 1 N–H and O–H groups in total. The summed E-state index contributed by atoms with van der Waals surface area (Å²) in [7, 11) is 7.26. The van der Waals surface area contributed by atoms with Crippen LogP contribution in [0.25, 0.3) is 17.0 Å². The number of rotatable bonds is 9. The predicted octanol–water partition coefficient (Wildman–Crippen LogP) is 3.76. The van der Waals surface area contributed by atoms with E-state index in [-0.39, 0.29) is 11.6 Å². The molecule has 0 spiro atoms. The van der Waals surface area contributed by atoms with Crippen LogP contribution in [0.15, 0.2) is 48.9 Å². The molecule has 4 rings (SSSR count). The zero-order chi connectivity index (χ0) is 25.1. The van der Waals surface area contributed by atoms with E-state index < -0.39 is 4.92 Å². The van der Waals surface area contributed by atoms with E-state index in [1.54, 1.807) is 24.5 Å². The Hall–Kier alpha value is -4.25. The molecule has 35 heavy (non-hydrogen) atoms. The SMILES string of the molecule is COc1cc(N(C)CCN(C)C)c([N+](=O)[O-])cc1Nc1nccc(-c2cnc3c(C)cccn23)n1. The van der Waals surface area contributed by atoms with Crippen molar-refractivity contribution in [1.29, 1.82) is 0 Å². The number of likely N-dealkylation sites (N-methyl/N-ethyl adjacent to an activating group) is 2. The number of ether oxygens (including phenoxy) is 1. The van der Waals surface area contributed by atoms with Gasteiger partial charge < -0.3 is 19.9 Å². The van der Waals surface area contributed by atoms with Gasteiger partial charge in [0.25, 0.3) is 5.69 Å². The molecule has 11 nitrogen and oxygen atoms in total. The molecule has 0 fully saturated rings. The lowest BCUT2D eigenvalue weighted by Crippen LogP contribution is -2.28. The molecule has 0 aliphatic rings. The van der Waals surface area contributed by atoms with E-state index in [0.717, 1.165) is 23.4 Å². The molecule has 3 aromatic heterocycles. The standard InChI is InChI=1S/C24H28N8O3/c1-16-7-6-10-31-21(15-26-23(16)31)17-8-9-25-24(27-17)28-18-13-20(32(33)34)19(14-22(18)35-5)30(4)12-11-29(2)3/h6-10,13-15H,11-12H2,1-5H3,(H,25,27,28). The largest absolute Gasteiger partial charge is 0.494 e. The number of nitrogens with one attached hydrogen (secondary N) is 1. The van der Waals surface area contributed by atoms with Gasteiger partial charge in [-0.15, -0.1) is 0 Å². The third-order valence-corrected chi connectivity index (χ3v) is 5.68. The fourth-order valence-corrected chi connectivity index (χ4v) is 3.77. The summed E-state index contributed by atoms with van der Waals surface area (Å²) in [6.07, 6.45) is 5.32. The molecule has 0 bridgehead atoms. The van der Waals surface area contributed by atoms with Crippen LogP contribution < -0.4 is 15.0 Å². The highest BCUT2D eigenvalue weighted by Crippen LogP contribution is 2.39. The van der Waals surface area contributed by atoms with Crippen molar-refractivity contribution in [3.05, 3.63) is 64.6 Å². The highest BCUT2D eigenvalue weighted by Gasteiger charge is 2.22. The number of nitrogens with zero attached hydrogens (tertiary/aromatic N) is 7. The lowest BCUT2D eigenvalue weighted by atomic mass is 10.2. The fourth-order valence-electron chi connectivity index (χ4n) is 3.77. The minimum atomic E-state index is -0.399. The Morgan fingerprint density at radius 2 is 1.97 bits per heavy atom. The van der Waals surface area contributed by atoms with Gasteiger partial charge in [-0.25, -0.2) is 15.0 Å². The lowest BCUT2D eigenvalue weighted by molar-refractivity contribution is -0.384. The van der Waals surface area contributed by atoms with Gasteiger partial charge >= 0.3 is 0 Å². The minimum Gasteiger partial charge on any atom is -0.494 e. The highest BCUT2D eigenvalue weighted by atomic mass is 16.6. The van der Waals surface area contributed by atoms with Crippen molar-refractivity contribution in [1.82, 2.24) is 24.3 Å². The molecule has 0 saturated heterocycles. The first kappa shape index (κ1) is 23.9. The molecule has 1 aromatic carbocycles. The zero-order valence-electron chi connectivity index (χ0n) is 20.4. The van der Waals surface area contributed by atoms with Crippen molar-refractivity contribution in [3.63, 3.8) is 0 Å². The zero-order valence-corrected chi connectivity index (χ0v) is 20.4. The summed E-state index contributed by atoms with van der Waals surface area (Å²) in [6, 6.07) is 8.86. The van der Waals surface area contributed by atoms with Gasteiger partial charge in [0.05, 0.1) is 35.3 Å². The average molecular weight is 477 g/mol. The average Bonchev–Trinajstić information content (AvgIpc) is 3.28. The van der Waals surface area contributed by atoms with E-state index in [2.05, 4.69) is 20.3 Å². The molecule has 3 heterocycles. The number of hydrogen-bond donors (Lipinski definition) is 1. The Labute approximate surface area is 203 Å². The number of hydrogen-bond acceptors (Lipinski definition) is 9. The summed E-state index contributed by atoms with van der Waals surface area (Å²) in [4.78, 5) is 28.8. The number of pyridine rings is 1. The van der Waals surface area contributed by atoms with Crippen molar-refractivity contribution in [2.75, 3.05) is 51.6 Å². The van der Waals surface area contributed by atoms with Crippen LogP contribution in [0.2, 0.25) is 0 Å². The van der Waals surface area contributed by atoms with Gasteiger partial charge in [-0.1, -0.05) is 6.07 Å². The Bertz CT molecular complexity index is 1370. The number of aryl methyl sites for hydroxylation is 1. The van der Waals surface area contributed by atoms with E-state index in [1.807, 2.05) is 60.6 Å². The summed E-state index contributed by atoms with van der Waals surface area (Å²) >= 11 is 0. The summed E-state index contributed by atoms with van der Waals surface area (Å²) in [5, 5.41) is 15.0. The number of anilines is 3. The maximum absolute atomic E-state index is 11.9. The molecule has 0 unspecified atom stereocenters. The van der Waals surface area contributed by atoms with Crippen molar-refractivity contribution in [2.45, 2.75) is 6.92 Å². The number of fused-ring (bicyclic) bond motifs is 1. The number of aromatic nitrogens is 4. The van der Waals surface area contributed by atoms with Gasteiger partial charge in [0.2, 0.25) is 5.95 Å². The lowest BCUT2D eigenvalue weighted by Gasteiger charge is -2.22. The number of nitro groups is 1. The van der Waals surface area contributed by atoms with Crippen molar-refractivity contribution >= 4 is 28.7 Å². The van der Waals surface area contributed by atoms with Crippen molar-refractivity contribution in [3.8, 4) is 17.1 Å². The second-order valence-electron chi connectivity index (χ2n) is 8.44. The van der Waals surface area contributed by atoms with E-state index in [0.29, 0.717) is 29.4 Å². The quantitative estimate of drug-likeness (QED) is 0.285. The summed E-state index contributed by atoms with van der Waals surface area (Å²) < 4.78 is 7.51. The fraction of sp³-hybridized carbons (Fsp3) is 0.292. The molecular weight excluding hydrogens is 448 g/mol. The summed E-state index contributed by atoms with van der Waals surface area (Å²) in [5.41, 5.74) is 4.20. The first-order valence-corrected chi connectivity index (χ1v) is 11.0. The van der Waals surface area contributed by atoms with Crippen LogP contribution in [0.4, 0.5) is 23.0 Å². The Morgan fingerprint density at radius 3 is 2.69 bits per heavy atom. The molecule has 0 amide bonds. The molecule has 0 saturated carbocycles. The van der Waals surface area contributed by atoms with Gasteiger partial charge in [0, 0.05) is 44.7 Å². The van der Waals surface area contributed by atoms with Crippen molar-refractivity contribution < 1.29 is 9.66 Å². The van der Waals surface area contributed by atoms with Crippen LogP contribution >= 0.6 is 0 Å². The van der Waals surface area contributed by atoms with Crippen LogP contribution in [0.3, 0.4) is 0 Å². The third kappa shape index (κ3) is 4.99. The molecule has 0 aliphatic carbocycles. The highest BCUT2D eigenvalue weighted by molar-refractivity contribution is 5.77. The minimum absolute atomic E-state index is 0.0389. The molecule has 0 radical (unpaired) electrons. The van der Waals surface area contributed by atoms with Crippen LogP contribution in [0, 0.1) is 17.0 Å². The normalized spacial score (nSPS) is 11.1. The molecule has 4 aromatic rings. The molecule has 182 valence electrons. The Morgan fingerprint density at radius 1 is 1.17 bits per heavy atom. The van der Waals surface area contributed by atoms with Crippen LogP contribution in [0.5, 0.6) is 5.75 Å². The van der Waals surface area contributed by atoms with Gasteiger partial charge in [0.1, 0.15) is 17.1 Å². The summed E-state index contributed by atoms with van der Waals surface area (Å²) in [6.45, 7) is 3.37. The number of benzene rings is 1. The third-order valence-electron chi connectivity index (χ3n) is 5.68. The van der Waals surface area contributed by atoms with E-state index in [1.165, 1.54) is 13.2 Å². The monoisotopic (exact) mass is 476 g/mol. The number of imidazole rings is 1. The van der Waals surface area contributed by atoms with Crippen LogP contribution in [-0.4, -0.2) is 70.5 Å². The van der Waals surface area contributed by atoms with Gasteiger partial charge in [-0.3, -0.25) is 14.5 Å². The van der Waals surface area contributed by atoms with Gasteiger partial charge in [-0.05, 0) is 38.7 Å². The molecule has 0 atom stereocenters. The second-order valence-corrected chi connectivity index (χ2v) is 8.44. The van der Waals surface area contributed by atoms with E-state index in [4.69, 9.17) is 4.74 Å². The molecule has 0 aliphatic heterocycles. The van der Waals surface area contributed by atoms with Gasteiger partial charge in [0.15, 0.2) is 0 Å². The molecular formula is C24H28N8O3. The topological polar surface area (TPSA) is 114 Å². The second kappa shape index (κ2) is 9.94. The maximum atomic E-state index is 11.9. The predicted molar refractivity (Wildman–Crippen MR) is 136 cm³/mol. The van der Waals surface area contributed by atoms with E-state index >= 15 is 0 Å². The number of methoxy groups -OCH3 is 1. The number of nitro benzene ring substituents is 1. The Balaban J connectivity index is 1.69. The van der Waals surface area contributed by atoms with E-state index in [9.17, 15) is 10.1 Å². The van der Waals surface area contributed by atoms with Crippen LogP contribution in [0.1, 0.15) is 5.56 Å². The summed E-state index contributed by atoms with van der Waals surface area (Å²) in [5.74, 6) is 0.730. The van der Waals surface area contributed by atoms with Crippen LogP contribution in [-0.2, 0) is 0 Å². The molecule has 11 heteroatoms. The maximum Gasteiger partial charge on any atom is 0.294 e. The first-order valence-electron chi connectivity index (χ1n) is 11.0. The smallest absolute Gasteiger partial charge is 0.294 e. The van der Waals surface area contributed by atoms with Gasteiger partial charge in [-0.2, -0.15) is 0 Å². The first-order chi connectivity index (χ1) is 16.8. The van der Waals surface area contributed by atoms with Crippen molar-refractivity contribution in [2.24, 2.45) is 0 Å². The Kier molecular flexibility index (Phi) is 6.78.